The zero-order chi connectivity index (χ0) is 23.1. The third-order valence-electron chi connectivity index (χ3n) is 6.17. The number of hydrogen-bond donors (Lipinski definition) is 2. The number of fused-ring (bicyclic) bond motifs is 2. The van der Waals surface area contributed by atoms with Crippen molar-refractivity contribution in [2.24, 2.45) is 0 Å². The molecule has 33 heavy (non-hydrogen) atoms. The Morgan fingerprint density at radius 3 is 2.82 bits per heavy atom. The van der Waals surface area contributed by atoms with Crippen LogP contribution >= 0.6 is 0 Å². The van der Waals surface area contributed by atoms with Gasteiger partial charge in [0.15, 0.2) is 22.9 Å². The number of furan rings is 1. The van der Waals surface area contributed by atoms with Gasteiger partial charge in [-0.25, -0.2) is 0 Å². The Hall–Kier alpha value is -4.00. The smallest absolute Gasteiger partial charge is 0.290 e. The molecule has 4 aromatic rings. The number of ketones is 1. The van der Waals surface area contributed by atoms with E-state index in [4.69, 9.17) is 9.15 Å². The topological polar surface area (TPSA) is 95.8 Å². The fourth-order valence-corrected chi connectivity index (χ4v) is 4.53. The molecule has 2 N–H and O–H groups in total. The van der Waals surface area contributed by atoms with Gasteiger partial charge in [0, 0.05) is 34.6 Å². The van der Waals surface area contributed by atoms with Crippen molar-refractivity contribution in [3.8, 4) is 5.75 Å². The predicted octanol–water partition coefficient (Wildman–Crippen LogP) is 5.30. The lowest BCUT2D eigenvalue weighted by Crippen LogP contribution is -2.32. The molecular weight excluding hydrogens is 420 g/mol. The highest BCUT2D eigenvalue weighted by Gasteiger charge is 2.45. The van der Waals surface area contributed by atoms with Crippen LogP contribution in [0.5, 0.6) is 5.75 Å². The van der Waals surface area contributed by atoms with Gasteiger partial charge in [-0.05, 0) is 24.6 Å². The number of Topliss-reactive ketones (excluding diaryl/α,β-unsaturated/α-hetero) is 1. The molecule has 0 saturated heterocycles. The van der Waals surface area contributed by atoms with Crippen LogP contribution in [0.1, 0.15) is 41.9 Å². The quantitative estimate of drug-likeness (QED) is 0.377. The summed E-state index contributed by atoms with van der Waals surface area (Å²) in [4.78, 5) is 31.6. The van der Waals surface area contributed by atoms with Crippen molar-refractivity contribution < 1.29 is 23.8 Å². The zero-order valence-corrected chi connectivity index (χ0v) is 18.4. The second-order valence-electron chi connectivity index (χ2n) is 8.12. The molecule has 0 radical (unpaired) electrons. The molecule has 0 saturated carbocycles. The van der Waals surface area contributed by atoms with E-state index < -0.39 is 23.5 Å². The summed E-state index contributed by atoms with van der Waals surface area (Å²) in [7, 11) is 1.53. The number of aromatic amines is 1. The third-order valence-corrected chi connectivity index (χ3v) is 6.17. The van der Waals surface area contributed by atoms with Crippen molar-refractivity contribution in [1.82, 2.24) is 9.88 Å². The predicted molar refractivity (Wildman–Crippen MR) is 124 cm³/mol. The Balaban J connectivity index is 1.65. The summed E-state index contributed by atoms with van der Waals surface area (Å²) in [5.41, 5.74) is 2.12. The maximum atomic E-state index is 13.7. The minimum absolute atomic E-state index is 0.0267. The van der Waals surface area contributed by atoms with Crippen LogP contribution in [0.2, 0.25) is 0 Å². The Labute approximate surface area is 190 Å². The first-order valence-corrected chi connectivity index (χ1v) is 11.0. The number of rotatable bonds is 7. The summed E-state index contributed by atoms with van der Waals surface area (Å²) in [6, 6.07) is 14.0. The molecule has 3 heterocycles. The van der Waals surface area contributed by atoms with Crippen LogP contribution in [0, 0.1) is 0 Å². The third kappa shape index (κ3) is 3.28. The summed E-state index contributed by atoms with van der Waals surface area (Å²) < 4.78 is 11.2. The number of para-hydroxylation sites is 2. The molecule has 1 aliphatic rings. The average molecular weight is 444 g/mol. The number of hydrogen-bond acceptors (Lipinski definition) is 5. The fraction of sp³-hybridized carbons (Fsp3) is 0.231. The summed E-state index contributed by atoms with van der Waals surface area (Å²) in [5, 5.41) is 12.5. The van der Waals surface area contributed by atoms with Crippen LogP contribution < -0.4 is 4.74 Å². The number of nitrogens with one attached hydrogen (secondary N) is 1. The molecule has 0 bridgehead atoms. The van der Waals surface area contributed by atoms with E-state index in [1.165, 1.54) is 7.11 Å². The van der Waals surface area contributed by atoms with Crippen LogP contribution in [-0.2, 0) is 4.79 Å². The van der Waals surface area contributed by atoms with Gasteiger partial charge >= 0.3 is 0 Å². The maximum absolute atomic E-state index is 13.7. The van der Waals surface area contributed by atoms with E-state index in [-0.39, 0.29) is 11.3 Å². The number of aliphatic hydroxyl groups is 1. The number of nitrogens with zero attached hydrogens (tertiary/aromatic N) is 1. The summed E-state index contributed by atoms with van der Waals surface area (Å²) in [5.74, 6) is -1.04. The van der Waals surface area contributed by atoms with Crippen molar-refractivity contribution in [2.45, 2.75) is 25.8 Å². The van der Waals surface area contributed by atoms with Crippen LogP contribution in [-0.4, -0.2) is 40.3 Å². The first kappa shape index (κ1) is 20.9. The number of benzene rings is 2. The van der Waals surface area contributed by atoms with Crippen molar-refractivity contribution in [1.29, 1.82) is 0 Å². The van der Waals surface area contributed by atoms with Gasteiger partial charge in [0.25, 0.3) is 5.91 Å². The Bertz CT molecular complexity index is 1410. The molecule has 1 amide bonds. The van der Waals surface area contributed by atoms with E-state index in [1.54, 1.807) is 23.2 Å². The number of carbonyl (C=O) groups excluding carboxylic acids is 2. The molecule has 1 unspecified atom stereocenters. The number of aromatic nitrogens is 1. The molecule has 2 aromatic carbocycles. The number of ether oxygens (including phenoxy) is 1. The van der Waals surface area contributed by atoms with E-state index in [9.17, 15) is 14.7 Å². The van der Waals surface area contributed by atoms with E-state index in [0.717, 1.165) is 29.3 Å². The maximum Gasteiger partial charge on any atom is 0.290 e. The molecule has 0 fully saturated rings. The minimum atomic E-state index is -0.720. The van der Waals surface area contributed by atoms with Crippen molar-refractivity contribution in [3.05, 3.63) is 77.4 Å². The second kappa shape index (κ2) is 8.16. The highest BCUT2D eigenvalue weighted by molar-refractivity contribution is 6.16. The highest BCUT2D eigenvalue weighted by Crippen LogP contribution is 2.42. The van der Waals surface area contributed by atoms with Gasteiger partial charge < -0.3 is 24.1 Å². The van der Waals surface area contributed by atoms with Gasteiger partial charge in [-0.2, -0.15) is 0 Å². The van der Waals surface area contributed by atoms with E-state index >= 15 is 0 Å². The van der Waals surface area contributed by atoms with E-state index in [2.05, 4.69) is 4.98 Å². The van der Waals surface area contributed by atoms with Gasteiger partial charge in [0.1, 0.15) is 0 Å². The highest BCUT2D eigenvalue weighted by atomic mass is 16.5. The number of unbranched alkanes of at least 4 members (excludes halogenated alkanes) is 1. The summed E-state index contributed by atoms with van der Waals surface area (Å²) in [6.07, 6.45) is 3.42. The van der Waals surface area contributed by atoms with Gasteiger partial charge in [-0.15, -0.1) is 0 Å². The van der Waals surface area contributed by atoms with Crippen molar-refractivity contribution >= 4 is 33.6 Å². The zero-order valence-electron chi connectivity index (χ0n) is 18.4. The van der Waals surface area contributed by atoms with Crippen LogP contribution in [0.4, 0.5) is 0 Å². The van der Waals surface area contributed by atoms with E-state index in [1.807, 2.05) is 43.3 Å². The minimum Gasteiger partial charge on any atom is -0.503 e. The normalized spacial score (nSPS) is 16.4. The number of methoxy groups -OCH3 is 1. The van der Waals surface area contributed by atoms with Gasteiger partial charge in [0.2, 0.25) is 5.78 Å². The lowest BCUT2D eigenvalue weighted by molar-refractivity contribution is -0.129. The Kier molecular flexibility index (Phi) is 5.17. The monoisotopic (exact) mass is 444 g/mol. The van der Waals surface area contributed by atoms with Crippen LogP contribution in [0.15, 0.2) is 70.5 Å². The molecule has 7 nitrogen and oxygen atoms in total. The molecule has 168 valence electrons. The molecular formula is C26H24N2O5. The first-order valence-electron chi connectivity index (χ1n) is 11.0. The SMILES string of the molecule is CCCCN1C(=O)C(O)=C(C(=O)c2cc3cccc(OC)c3o2)C1c1c[nH]c2ccccc12. The molecule has 0 aliphatic carbocycles. The van der Waals surface area contributed by atoms with Crippen LogP contribution in [0.25, 0.3) is 21.9 Å². The summed E-state index contributed by atoms with van der Waals surface area (Å²) >= 11 is 0. The lowest BCUT2D eigenvalue weighted by Gasteiger charge is -2.26. The number of carbonyl (C=O) groups is 2. The second-order valence-corrected chi connectivity index (χ2v) is 8.12. The molecule has 1 aliphatic heterocycles. The summed E-state index contributed by atoms with van der Waals surface area (Å²) in [6.45, 7) is 2.46. The first-order chi connectivity index (χ1) is 16.0. The van der Waals surface area contributed by atoms with Crippen LogP contribution in [0.3, 0.4) is 0 Å². The molecule has 1 atom stereocenters. The molecule has 7 heteroatoms. The Morgan fingerprint density at radius 2 is 2.03 bits per heavy atom. The van der Waals surface area contributed by atoms with Gasteiger partial charge in [0.05, 0.1) is 18.7 Å². The number of amides is 1. The fourth-order valence-electron chi connectivity index (χ4n) is 4.53. The molecule has 0 spiro atoms. The van der Waals surface area contributed by atoms with Crippen molar-refractivity contribution in [3.63, 3.8) is 0 Å². The lowest BCUT2D eigenvalue weighted by atomic mass is 9.94. The largest absolute Gasteiger partial charge is 0.503 e. The number of H-pyrrole nitrogens is 1. The van der Waals surface area contributed by atoms with Gasteiger partial charge in [-0.3, -0.25) is 9.59 Å². The van der Waals surface area contributed by atoms with Crippen molar-refractivity contribution in [2.75, 3.05) is 13.7 Å². The molecule has 5 rings (SSSR count). The van der Waals surface area contributed by atoms with Gasteiger partial charge in [-0.1, -0.05) is 43.7 Å². The van der Waals surface area contributed by atoms with E-state index in [0.29, 0.717) is 23.3 Å². The number of aliphatic hydroxyl groups excluding tert-OH is 1. The standard InChI is InChI=1S/C26H24N2O5/c1-3-4-12-28-22(17-14-27-18-10-6-5-9-16(17)18)21(24(30)26(28)31)23(29)20-13-15-8-7-11-19(32-2)25(15)33-20/h5-11,13-14,22,27,30H,3-4,12H2,1-2H3. The molecule has 2 aromatic heterocycles. The Morgan fingerprint density at radius 1 is 1.21 bits per heavy atom. The average Bonchev–Trinajstić information content (AvgIpc) is 3.52.